The highest BCUT2D eigenvalue weighted by atomic mass is 16.5. The second-order valence-electron chi connectivity index (χ2n) is 2.13. The molecule has 1 aromatic carbocycles. The van der Waals surface area contributed by atoms with Crippen molar-refractivity contribution in [2.75, 3.05) is 0 Å². The van der Waals surface area contributed by atoms with Gasteiger partial charge in [0.15, 0.2) is 0 Å². The number of hydrogen-bond acceptors (Lipinski definition) is 3. The Hall–Kier alpha value is -1.64. The van der Waals surface area contributed by atoms with E-state index in [1.807, 2.05) is 12.1 Å². The smallest absolute Gasteiger partial charge is 0.275 e. The van der Waals surface area contributed by atoms with E-state index in [0.29, 0.717) is 10.9 Å². The molecule has 0 spiro atoms. The second-order valence-corrected chi connectivity index (χ2v) is 2.13. The number of benzene rings is 1. The molecule has 0 aliphatic carbocycles. The molecule has 3 heteroatoms. The van der Waals surface area contributed by atoms with E-state index in [2.05, 4.69) is 5.16 Å². The lowest BCUT2D eigenvalue weighted by Crippen LogP contribution is -1.73. The van der Waals surface area contributed by atoms with E-state index in [-0.39, 0.29) is 5.76 Å². The SMILES string of the molecule is O=[C]c1onc2ccccc12. The molecule has 0 saturated carbocycles. The molecule has 3 nitrogen and oxygen atoms in total. The first-order chi connectivity index (χ1) is 5.42. The normalized spacial score (nSPS) is 10.2. The summed E-state index contributed by atoms with van der Waals surface area (Å²) in [4.78, 5) is 10.2. The molecule has 0 N–H and O–H groups in total. The van der Waals surface area contributed by atoms with Gasteiger partial charge >= 0.3 is 0 Å². The van der Waals surface area contributed by atoms with Crippen LogP contribution < -0.4 is 0 Å². The van der Waals surface area contributed by atoms with Crippen LogP contribution in [0, 0.1) is 0 Å². The Morgan fingerprint density at radius 1 is 1.36 bits per heavy atom. The van der Waals surface area contributed by atoms with Crippen LogP contribution in [0.5, 0.6) is 0 Å². The summed E-state index contributed by atoms with van der Waals surface area (Å²) in [6, 6.07) is 7.20. The molecule has 1 radical (unpaired) electrons. The number of hydrogen-bond donors (Lipinski definition) is 0. The standard InChI is InChI=1S/C8H4NO2/c10-5-8-6-3-1-2-4-7(6)9-11-8/h1-4H. The van der Waals surface area contributed by atoms with Gasteiger partial charge in [0, 0.05) is 0 Å². The number of nitrogens with zero attached hydrogens (tertiary/aromatic N) is 1. The molecule has 1 heterocycles. The molecule has 0 saturated heterocycles. The van der Waals surface area contributed by atoms with Crippen molar-refractivity contribution in [1.82, 2.24) is 5.16 Å². The molecule has 0 fully saturated rings. The number of carbonyl (C=O) groups excluding carboxylic acids is 1. The number of aromatic nitrogens is 1. The predicted octanol–water partition coefficient (Wildman–Crippen LogP) is 1.29. The summed E-state index contributed by atoms with van der Waals surface area (Å²) < 4.78 is 4.69. The van der Waals surface area contributed by atoms with Crippen LogP contribution in [-0.2, 0) is 4.79 Å². The first-order valence-electron chi connectivity index (χ1n) is 3.14. The van der Waals surface area contributed by atoms with Crippen molar-refractivity contribution in [3.8, 4) is 0 Å². The van der Waals surface area contributed by atoms with Gasteiger partial charge in [0.2, 0.25) is 5.76 Å². The lowest BCUT2D eigenvalue weighted by Gasteiger charge is -1.81. The van der Waals surface area contributed by atoms with Gasteiger partial charge in [0.05, 0.1) is 5.39 Å². The van der Waals surface area contributed by atoms with Crippen LogP contribution in [-0.4, -0.2) is 11.4 Å². The van der Waals surface area contributed by atoms with Crippen molar-refractivity contribution in [1.29, 1.82) is 0 Å². The Morgan fingerprint density at radius 2 is 2.18 bits per heavy atom. The Labute approximate surface area is 62.6 Å². The Bertz CT molecular complexity index is 392. The second kappa shape index (κ2) is 2.20. The summed E-state index contributed by atoms with van der Waals surface area (Å²) in [5.41, 5.74) is 0.686. The molecular weight excluding hydrogens is 142 g/mol. The van der Waals surface area contributed by atoms with Crippen molar-refractivity contribution >= 4 is 17.2 Å². The van der Waals surface area contributed by atoms with Gasteiger partial charge in [-0.3, -0.25) is 4.79 Å². The van der Waals surface area contributed by atoms with Gasteiger partial charge in [-0.15, -0.1) is 0 Å². The summed E-state index contributed by atoms with van der Waals surface area (Å²) in [7, 11) is 0. The van der Waals surface area contributed by atoms with Gasteiger partial charge in [-0.2, -0.15) is 0 Å². The highest BCUT2D eigenvalue weighted by molar-refractivity contribution is 5.93. The number of rotatable bonds is 1. The van der Waals surface area contributed by atoms with Crippen LogP contribution >= 0.6 is 0 Å². The van der Waals surface area contributed by atoms with Crippen LogP contribution in [0.2, 0.25) is 0 Å². The van der Waals surface area contributed by atoms with Crippen LogP contribution in [0.25, 0.3) is 10.9 Å². The minimum Gasteiger partial charge on any atom is -0.351 e. The maximum absolute atomic E-state index is 10.2. The first-order valence-corrected chi connectivity index (χ1v) is 3.14. The van der Waals surface area contributed by atoms with E-state index >= 15 is 0 Å². The molecule has 53 valence electrons. The van der Waals surface area contributed by atoms with E-state index in [1.54, 1.807) is 18.4 Å². The highest BCUT2D eigenvalue weighted by Gasteiger charge is 2.05. The molecular formula is C8H4NO2. The van der Waals surface area contributed by atoms with E-state index in [4.69, 9.17) is 4.52 Å². The van der Waals surface area contributed by atoms with Gasteiger partial charge < -0.3 is 4.52 Å². The largest absolute Gasteiger partial charge is 0.351 e. The van der Waals surface area contributed by atoms with Crippen molar-refractivity contribution in [2.24, 2.45) is 0 Å². The van der Waals surface area contributed by atoms with Crippen molar-refractivity contribution in [3.63, 3.8) is 0 Å². The summed E-state index contributed by atoms with van der Waals surface area (Å²) in [5.74, 6) is 0.167. The monoisotopic (exact) mass is 146 g/mol. The molecule has 0 aliphatic heterocycles. The Morgan fingerprint density at radius 3 is 3.00 bits per heavy atom. The third-order valence-electron chi connectivity index (χ3n) is 1.48. The summed E-state index contributed by atoms with van der Waals surface area (Å²) in [6.07, 6.45) is 1.67. The number of fused-ring (bicyclic) bond motifs is 1. The zero-order valence-corrected chi connectivity index (χ0v) is 5.57. The molecule has 0 bridgehead atoms. The lowest BCUT2D eigenvalue weighted by molar-refractivity contribution is 0.414. The van der Waals surface area contributed by atoms with Crippen LogP contribution in [0.15, 0.2) is 28.8 Å². The maximum Gasteiger partial charge on any atom is 0.275 e. The molecule has 2 rings (SSSR count). The third kappa shape index (κ3) is 0.816. The Kier molecular flexibility index (Phi) is 1.22. The lowest BCUT2D eigenvalue weighted by atomic mass is 10.2. The summed E-state index contributed by atoms with van der Waals surface area (Å²) in [5, 5.41) is 4.36. The van der Waals surface area contributed by atoms with E-state index in [0.717, 1.165) is 0 Å². The van der Waals surface area contributed by atoms with Crippen LogP contribution in [0.3, 0.4) is 0 Å². The molecule has 1 aromatic heterocycles. The van der Waals surface area contributed by atoms with Gasteiger partial charge in [-0.25, -0.2) is 0 Å². The van der Waals surface area contributed by atoms with Crippen molar-refractivity contribution in [3.05, 3.63) is 30.0 Å². The molecule has 0 aliphatic rings. The van der Waals surface area contributed by atoms with E-state index in [1.165, 1.54) is 0 Å². The minimum absolute atomic E-state index is 0.167. The Balaban J connectivity index is 2.86. The van der Waals surface area contributed by atoms with Crippen molar-refractivity contribution in [2.45, 2.75) is 0 Å². The first kappa shape index (κ1) is 6.09. The van der Waals surface area contributed by atoms with Gasteiger partial charge in [-0.05, 0) is 12.1 Å². The fourth-order valence-electron chi connectivity index (χ4n) is 0.963. The fourth-order valence-corrected chi connectivity index (χ4v) is 0.963. The predicted molar refractivity (Wildman–Crippen MR) is 38.8 cm³/mol. The average molecular weight is 146 g/mol. The molecule has 0 unspecified atom stereocenters. The zero-order chi connectivity index (χ0) is 7.68. The van der Waals surface area contributed by atoms with Gasteiger partial charge in [0.1, 0.15) is 5.52 Å². The van der Waals surface area contributed by atoms with Crippen LogP contribution in [0.1, 0.15) is 5.76 Å². The fraction of sp³-hybridized carbons (Fsp3) is 0. The summed E-state index contributed by atoms with van der Waals surface area (Å²) in [6.45, 7) is 0. The van der Waals surface area contributed by atoms with Gasteiger partial charge in [-0.1, -0.05) is 17.3 Å². The van der Waals surface area contributed by atoms with Crippen LogP contribution in [0.4, 0.5) is 0 Å². The molecule has 2 aromatic rings. The zero-order valence-electron chi connectivity index (χ0n) is 5.57. The highest BCUT2D eigenvalue weighted by Crippen LogP contribution is 2.14. The minimum atomic E-state index is 0.167. The van der Waals surface area contributed by atoms with Crippen molar-refractivity contribution < 1.29 is 9.32 Å². The quantitative estimate of drug-likeness (QED) is 0.608. The molecule has 11 heavy (non-hydrogen) atoms. The van der Waals surface area contributed by atoms with E-state index in [9.17, 15) is 4.79 Å². The topological polar surface area (TPSA) is 43.1 Å². The molecule has 0 atom stereocenters. The summed E-state index contributed by atoms with van der Waals surface area (Å²) >= 11 is 0. The average Bonchev–Trinajstić information content (AvgIpc) is 2.47. The molecule has 0 amide bonds. The van der Waals surface area contributed by atoms with E-state index < -0.39 is 0 Å². The maximum atomic E-state index is 10.2. The van der Waals surface area contributed by atoms with Gasteiger partial charge in [0.25, 0.3) is 6.29 Å². The third-order valence-corrected chi connectivity index (χ3v) is 1.48.